The summed E-state index contributed by atoms with van der Waals surface area (Å²) in [6.45, 7) is 6.12. The highest BCUT2D eigenvalue weighted by Gasteiger charge is 2.18. The minimum atomic E-state index is -0.463. The van der Waals surface area contributed by atoms with E-state index in [4.69, 9.17) is 9.47 Å². The fourth-order valence-electron chi connectivity index (χ4n) is 3.57. The first-order chi connectivity index (χ1) is 15.6. The zero-order valence-electron chi connectivity index (χ0n) is 18.0. The highest BCUT2D eigenvalue weighted by atomic mass is 16.5. The molecule has 0 spiro atoms. The number of pyridine rings is 2. The third kappa shape index (κ3) is 5.22. The number of nitrogens with one attached hydrogen (secondary N) is 1. The average Bonchev–Trinajstić information content (AvgIpc) is 2.81. The quantitative estimate of drug-likeness (QED) is 0.615. The molecular weight excluding hydrogens is 408 g/mol. The van der Waals surface area contributed by atoms with Gasteiger partial charge >= 0.3 is 0 Å². The lowest BCUT2D eigenvalue weighted by Crippen LogP contribution is -2.40. The Hall–Kier alpha value is -3.49. The molecule has 0 unspecified atom stereocenters. The van der Waals surface area contributed by atoms with E-state index in [0.717, 1.165) is 19.6 Å². The molecule has 0 atom stereocenters. The zero-order valence-corrected chi connectivity index (χ0v) is 18.0. The number of amides is 1. The van der Waals surface area contributed by atoms with Crippen LogP contribution < -0.4 is 15.6 Å². The molecule has 1 saturated heterocycles. The number of hydrogen-bond donors (Lipinski definition) is 1. The topological polar surface area (TPSA) is 85.7 Å². The summed E-state index contributed by atoms with van der Waals surface area (Å²) in [5.41, 5.74) is 0.928. The molecule has 1 fully saturated rings. The molecule has 8 nitrogen and oxygen atoms in total. The lowest BCUT2D eigenvalue weighted by molar-refractivity contribution is 0.0363. The van der Waals surface area contributed by atoms with Crippen molar-refractivity contribution in [3.63, 3.8) is 0 Å². The summed E-state index contributed by atoms with van der Waals surface area (Å²) < 4.78 is 12.8. The van der Waals surface area contributed by atoms with E-state index in [1.54, 1.807) is 66.5 Å². The molecule has 1 N–H and O–H groups in total. The Labute approximate surface area is 186 Å². The van der Waals surface area contributed by atoms with Crippen molar-refractivity contribution in [2.75, 3.05) is 38.2 Å². The zero-order chi connectivity index (χ0) is 22.3. The number of aromatic nitrogens is 2. The minimum absolute atomic E-state index is 0.130. The molecule has 4 rings (SSSR count). The van der Waals surface area contributed by atoms with E-state index in [1.807, 2.05) is 6.07 Å². The van der Waals surface area contributed by atoms with Gasteiger partial charge in [0.15, 0.2) is 5.75 Å². The predicted octanol–water partition coefficient (Wildman–Crippen LogP) is 2.93. The van der Waals surface area contributed by atoms with Crippen LogP contribution in [0.15, 0.2) is 65.8 Å². The molecule has 1 aromatic carbocycles. The standard InChI is InChI=1S/C24H26N4O4/c1-18-8-10-28(12-11-27-13-15-31-16-14-27)24(30)22(18)23(29)26-20-6-2-3-7-21(20)32-19-5-4-9-25-17-19/h2-10,17H,11-16H2,1H3,(H,26,29). The van der Waals surface area contributed by atoms with Crippen LogP contribution in [0.5, 0.6) is 11.5 Å². The average molecular weight is 434 g/mol. The lowest BCUT2D eigenvalue weighted by Gasteiger charge is -2.26. The second-order valence-electron chi connectivity index (χ2n) is 7.57. The van der Waals surface area contributed by atoms with Gasteiger partial charge in [0.25, 0.3) is 11.5 Å². The van der Waals surface area contributed by atoms with Crippen molar-refractivity contribution in [1.82, 2.24) is 14.5 Å². The van der Waals surface area contributed by atoms with Gasteiger partial charge in [-0.3, -0.25) is 19.5 Å². The van der Waals surface area contributed by atoms with Crippen LogP contribution >= 0.6 is 0 Å². The molecule has 0 aliphatic carbocycles. The lowest BCUT2D eigenvalue weighted by atomic mass is 10.1. The maximum Gasteiger partial charge on any atom is 0.263 e. The Kier molecular flexibility index (Phi) is 6.94. The van der Waals surface area contributed by atoms with Gasteiger partial charge in [-0.25, -0.2) is 0 Å². The summed E-state index contributed by atoms with van der Waals surface area (Å²) in [5.74, 6) is 0.557. The van der Waals surface area contributed by atoms with E-state index in [2.05, 4.69) is 15.2 Å². The molecule has 32 heavy (non-hydrogen) atoms. The van der Waals surface area contributed by atoms with Gasteiger partial charge < -0.3 is 19.4 Å². The SMILES string of the molecule is Cc1ccn(CCN2CCOCC2)c(=O)c1C(=O)Nc1ccccc1Oc1cccnc1. The summed E-state index contributed by atoms with van der Waals surface area (Å²) >= 11 is 0. The Morgan fingerprint density at radius 1 is 1.12 bits per heavy atom. The molecule has 8 heteroatoms. The van der Waals surface area contributed by atoms with Crippen LogP contribution in [0.3, 0.4) is 0 Å². The van der Waals surface area contributed by atoms with Crippen molar-refractivity contribution < 1.29 is 14.3 Å². The van der Waals surface area contributed by atoms with E-state index in [0.29, 0.717) is 42.5 Å². The van der Waals surface area contributed by atoms with Crippen LogP contribution in [0.1, 0.15) is 15.9 Å². The molecule has 0 bridgehead atoms. The van der Waals surface area contributed by atoms with Gasteiger partial charge in [-0.05, 0) is 42.8 Å². The van der Waals surface area contributed by atoms with Gasteiger partial charge in [-0.1, -0.05) is 12.1 Å². The van der Waals surface area contributed by atoms with Gasteiger partial charge in [-0.15, -0.1) is 0 Å². The number of morpholine rings is 1. The van der Waals surface area contributed by atoms with Crippen LogP contribution in [0.25, 0.3) is 0 Å². The van der Waals surface area contributed by atoms with Crippen LogP contribution in [0.2, 0.25) is 0 Å². The van der Waals surface area contributed by atoms with Crippen molar-refractivity contribution in [2.24, 2.45) is 0 Å². The monoisotopic (exact) mass is 434 g/mol. The smallest absolute Gasteiger partial charge is 0.263 e. The molecule has 166 valence electrons. The van der Waals surface area contributed by atoms with Crippen molar-refractivity contribution in [1.29, 1.82) is 0 Å². The van der Waals surface area contributed by atoms with E-state index in [9.17, 15) is 9.59 Å². The van der Waals surface area contributed by atoms with Gasteiger partial charge in [0.2, 0.25) is 0 Å². The van der Waals surface area contributed by atoms with Gasteiger partial charge in [0, 0.05) is 38.6 Å². The summed E-state index contributed by atoms with van der Waals surface area (Å²) in [6.07, 6.45) is 4.99. The first kappa shape index (κ1) is 21.7. The van der Waals surface area contributed by atoms with Gasteiger partial charge in [0.05, 0.1) is 25.1 Å². The van der Waals surface area contributed by atoms with E-state index < -0.39 is 5.91 Å². The first-order valence-corrected chi connectivity index (χ1v) is 10.6. The number of para-hydroxylation sites is 2. The number of rotatable bonds is 7. The third-order valence-electron chi connectivity index (χ3n) is 5.36. The minimum Gasteiger partial charge on any atom is -0.454 e. The van der Waals surface area contributed by atoms with Crippen molar-refractivity contribution in [2.45, 2.75) is 13.5 Å². The Balaban J connectivity index is 1.52. The summed E-state index contributed by atoms with van der Waals surface area (Å²) in [7, 11) is 0. The molecule has 1 aliphatic heterocycles. The summed E-state index contributed by atoms with van der Waals surface area (Å²) in [4.78, 5) is 32.5. The molecule has 0 radical (unpaired) electrons. The van der Waals surface area contributed by atoms with Gasteiger partial charge in [-0.2, -0.15) is 0 Å². The first-order valence-electron chi connectivity index (χ1n) is 10.6. The normalized spacial score (nSPS) is 14.2. The van der Waals surface area contributed by atoms with Crippen molar-refractivity contribution >= 4 is 11.6 Å². The summed E-state index contributed by atoms with van der Waals surface area (Å²) in [5, 5.41) is 2.84. The predicted molar refractivity (Wildman–Crippen MR) is 121 cm³/mol. The van der Waals surface area contributed by atoms with Crippen LogP contribution in [0, 0.1) is 6.92 Å². The van der Waals surface area contributed by atoms with Crippen LogP contribution in [-0.4, -0.2) is 53.2 Å². The number of anilines is 1. The Bertz CT molecular complexity index is 1120. The van der Waals surface area contributed by atoms with Gasteiger partial charge in [0.1, 0.15) is 11.3 Å². The molecular formula is C24H26N4O4. The second-order valence-corrected chi connectivity index (χ2v) is 7.57. The van der Waals surface area contributed by atoms with Crippen molar-refractivity contribution in [3.05, 3.63) is 82.5 Å². The molecule has 3 heterocycles. The maximum atomic E-state index is 13.1. The third-order valence-corrected chi connectivity index (χ3v) is 5.36. The Morgan fingerprint density at radius 3 is 2.72 bits per heavy atom. The highest BCUT2D eigenvalue weighted by Crippen LogP contribution is 2.29. The second kappa shape index (κ2) is 10.2. The number of nitrogens with zero attached hydrogens (tertiary/aromatic N) is 3. The molecule has 3 aromatic rings. The molecule has 2 aromatic heterocycles. The van der Waals surface area contributed by atoms with E-state index >= 15 is 0 Å². The largest absolute Gasteiger partial charge is 0.454 e. The van der Waals surface area contributed by atoms with E-state index in [1.165, 1.54) is 0 Å². The Morgan fingerprint density at radius 2 is 1.94 bits per heavy atom. The van der Waals surface area contributed by atoms with Crippen LogP contribution in [0.4, 0.5) is 5.69 Å². The fraction of sp³-hybridized carbons (Fsp3) is 0.292. The molecule has 1 amide bonds. The molecule has 0 saturated carbocycles. The van der Waals surface area contributed by atoms with E-state index in [-0.39, 0.29) is 11.1 Å². The fourth-order valence-corrected chi connectivity index (χ4v) is 3.57. The highest BCUT2D eigenvalue weighted by molar-refractivity contribution is 6.05. The number of ether oxygens (including phenoxy) is 2. The maximum absolute atomic E-state index is 13.1. The molecule has 1 aliphatic rings. The number of aryl methyl sites for hydroxylation is 1. The van der Waals surface area contributed by atoms with Crippen LogP contribution in [-0.2, 0) is 11.3 Å². The number of hydrogen-bond acceptors (Lipinski definition) is 6. The number of benzene rings is 1. The number of carbonyl (C=O) groups excluding carboxylic acids is 1. The number of carbonyl (C=O) groups is 1. The van der Waals surface area contributed by atoms with Crippen molar-refractivity contribution in [3.8, 4) is 11.5 Å². The summed E-state index contributed by atoms with van der Waals surface area (Å²) in [6, 6.07) is 12.4.